The van der Waals surface area contributed by atoms with Gasteiger partial charge in [0.1, 0.15) is 11.8 Å². The van der Waals surface area contributed by atoms with Crippen LogP contribution < -0.4 is 10.6 Å². The monoisotopic (exact) mass is 287 g/mol. The first-order valence-corrected chi connectivity index (χ1v) is 6.98. The van der Waals surface area contributed by atoms with Crippen molar-refractivity contribution in [3.05, 3.63) is 47.9 Å². The van der Waals surface area contributed by atoms with Crippen LogP contribution in [0.5, 0.6) is 0 Å². The smallest absolute Gasteiger partial charge is 0.294 e. The number of nitrogens with zero attached hydrogens (tertiary/aromatic N) is 1. The number of hydrogen-bond acceptors (Lipinski definition) is 5. The number of aliphatic hydroxyl groups is 1. The molecule has 3 rings (SSSR count). The lowest BCUT2D eigenvalue weighted by Gasteiger charge is -2.14. The Hall–Kier alpha value is -2.18. The minimum atomic E-state index is -0.755. The van der Waals surface area contributed by atoms with Crippen LogP contribution in [-0.4, -0.2) is 28.8 Å². The van der Waals surface area contributed by atoms with E-state index in [0.29, 0.717) is 11.4 Å². The predicted molar refractivity (Wildman–Crippen MR) is 76.9 cm³/mol. The number of rotatable bonds is 4. The Morgan fingerprint density at radius 2 is 2.24 bits per heavy atom. The molecular formula is C15H17N3O3. The molecule has 0 saturated carbocycles. The largest absolute Gasteiger partial charge is 0.385 e. The summed E-state index contributed by atoms with van der Waals surface area (Å²) in [5.41, 5.74) is 1.06. The molecule has 1 saturated heterocycles. The van der Waals surface area contributed by atoms with Gasteiger partial charge in [-0.3, -0.25) is 4.79 Å². The van der Waals surface area contributed by atoms with Gasteiger partial charge in [0.25, 0.3) is 5.91 Å². The van der Waals surface area contributed by atoms with Crippen LogP contribution in [0.25, 0.3) is 0 Å². The van der Waals surface area contributed by atoms with Crippen molar-refractivity contribution in [3.63, 3.8) is 0 Å². The predicted octanol–water partition coefficient (Wildman–Crippen LogP) is 1.71. The highest BCUT2D eigenvalue weighted by molar-refractivity contribution is 6.02. The quantitative estimate of drug-likeness (QED) is 0.797. The molecule has 1 aliphatic heterocycles. The standard InChI is InChI=1S/C15H17N3O3/c19-14(11-7-4-8-16-11)12-9-13(21-18-12)15(20)17-10-5-2-1-3-6-10/h1-3,5-6,9,11,14,16,19H,4,7-8H2,(H,17,20)/t11-,14-/m0/s1. The van der Waals surface area contributed by atoms with Gasteiger partial charge in [0.2, 0.25) is 5.76 Å². The van der Waals surface area contributed by atoms with Gasteiger partial charge in [-0.25, -0.2) is 0 Å². The fourth-order valence-electron chi connectivity index (χ4n) is 2.44. The number of aliphatic hydroxyl groups excluding tert-OH is 1. The van der Waals surface area contributed by atoms with Crippen molar-refractivity contribution in [1.82, 2.24) is 10.5 Å². The molecule has 1 aromatic heterocycles. The Bertz CT molecular complexity index is 606. The Morgan fingerprint density at radius 1 is 1.43 bits per heavy atom. The first kappa shape index (κ1) is 13.8. The summed E-state index contributed by atoms with van der Waals surface area (Å²) < 4.78 is 5.03. The van der Waals surface area contributed by atoms with Gasteiger partial charge in [0.15, 0.2) is 0 Å². The molecule has 6 nitrogen and oxygen atoms in total. The number of nitrogens with one attached hydrogen (secondary N) is 2. The molecule has 2 aromatic rings. The molecule has 2 heterocycles. The normalized spacial score (nSPS) is 19.4. The number of hydrogen-bond donors (Lipinski definition) is 3. The van der Waals surface area contributed by atoms with Crippen LogP contribution in [0.4, 0.5) is 5.69 Å². The van der Waals surface area contributed by atoms with Crippen molar-refractivity contribution < 1.29 is 14.4 Å². The summed E-state index contributed by atoms with van der Waals surface area (Å²) in [5, 5.41) is 19.9. The van der Waals surface area contributed by atoms with Crippen molar-refractivity contribution in [3.8, 4) is 0 Å². The van der Waals surface area contributed by atoms with Crippen molar-refractivity contribution >= 4 is 11.6 Å². The Kier molecular flexibility index (Phi) is 3.98. The first-order chi connectivity index (χ1) is 10.2. The van der Waals surface area contributed by atoms with Crippen molar-refractivity contribution in [1.29, 1.82) is 0 Å². The number of aromatic nitrogens is 1. The zero-order valence-electron chi connectivity index (χ0n) is 11.5. The van der Waals surface area contributed by atoms with Crippen LogP contribution in [0.3, 0.4) is 0 Å². The Balaban J connectivity index is 1.68. The second kappa shape index (κ2) is 6.07. The third-order valence-electron chi connectivity index (χ3n) is 3.57. The average molecular weight is 287 g/mol. The topological polar surface area (TPSA) is 87.4 Å². The zero-order chi connectivity index (χ0) is 14.7. The summed E-state index contributed by atoms with van der Waals surface area (Å²) in [6.45, 7) is 0.890. The van der Waals surface area contributed by atoms with Gasteiger partial charge < -0.3 is 20.3 Å². The van der Waals surface area contributed by atoms with Crippen LogP contribution >= 0.6 is 0 Å². The van der Waals surface area contributed by atoms with Gasteiger partial charge in [-0.2, -0.15) is 0 Å². The molecule has 0 spiro atoms. The molecule has 21 heavy (non-hydrogen) atoms. The molecule has 1 aliphatic rings. The van der Waals surface area contributed by atoms with Crippen LogP contribution in [-0.2, 0) is 0 Å². The number of amides is 1. The van der Waals surface area contributed by atoms with Gasteiger partial charge in [-0.15, -0.1) is 0 Å². The van der Waals surface area contributed by atoms with E-state index in [9.17, 15) is 9.90 Å². The van der Waals surface area contributed by atoms with Gasteiger partial charge in [0.05, 0.1) is 0 Å². The lowest BCUT2D eigenvalue weighted by atomic mass is 10.1. The summed E-state index contributed by atoms with van der Waals surface area (Å²) in [6.07, 6.45) is 1.16. The first-order valence-electron chi connectivity index (χ1n) is 6.98. The maximum atomic E-state index is 12.0. The molecule has 3 N–H and O–H groups in total. The summed E-state index contributed by atoms with van der Waals surface area (Å²) >= 11 is 0. The fraction of sp³-hybridized carbons (Fsp3) is 0.333. The van der Waals surface area contributed by atoms with E-state index in [2.05, 4.69) is 15.8 Å². The molecular weight excluding hydrogens is 270 g/mol. The third kappa shape index (κ3) is 3.12. The summed E-state index contributed by atoms with van der Waals surface area (Å²) in [4.78, 5) is 12.0. The van der Waals surface area contributed by atoms with E-state index in [1.165, 1.54) is 6.07 Å². The SMILES string of the molecule is O=C(Nc1ccccc1)c1cc([C@@H](O)[C@@H]2CCCN2)no1. The number of carbonyl (C=O) groups is 1. The van der Waals surface area contributed by atoms with Crippen LogP contribution in [0.2, 0.25) is 0 Å². The zero-order valence-corrected chi connectivity index (χ0v) is 11.5. The van der Waals surface area contributed by atoms with E-state index in [1.54, 1.807) is 12.1 Å². The van der Waals surface area contributed by atoms with E-state index in [0.717, 1.165) is 19.4 Å². The molecule has 1 amide bonds. The third-order valence-corrected chi connectivity index (χ3v) is 3.57. The number of anilines is 1. The Morgan fingerprint density at radius 3 is 2.95 bits per heavy atom. The van der Waals surface area contributed by atoms with Crippen molar-refractivity contribution in [2.75, 3.05) is 11.9 Å². The molecule has 0 radical (unpaired) electrons. The molecule has 1 fully saturated rings. The highest BCUT2D eigenvalue weighted by Crippen LogP contribution is 2.23. The summed E-state index contributed by atoms with van der Waals surface area (Å²) in [6, 6.07) is 10.6. The van der Waals surface area contributed by atoms with Crippen LogP contribution in [0.1, 0.15) is 35.2 Å². The number of carbonyl (C=O) groups excluding carboxylic acids is 1. The van der Waals surface area contributed by atoms with Crippen molar-refractivity contribution in [2.24, 2.45) is 0 Å². The highest BCUT2D eigenvalue weighted by atomic mass is 16.5. The average Bonchev–Trinajstić information content (AvgIpc) is 3.19. The lowest BCUT2D eigenvalue weighted by molar-refractivity contribution is 0.0985. The number of benzene rings is 1. The van der Waals surface area contributed by atoms with Crippen LogP contribution in [0.15, 0.2) is 40.9 Å². The van der Waals surface area contributed by atoms with E-state index in [4.69, 9.17) is 4.52 Å². The van der Waals surface area contributed by atoms with Crippen LogP contribution in [0, 0.1) is 0 Å². The molecule has 0 unspecified atom stereocenters. The molecule has 0 bridgehead atoms. The molecule has 110 valence electrons. The van der Waals surface area contributed by atoms with Crippen molar-refractivity contribution in [2.45, 2.75) is 25.0 Å². The minimum Gasteiger partial charge on any atom is -0.385 e. The minimum absolute atomic E-state index is 0.0277. The van der Waals surface area contributed by atoms with Gasteiger partial charge in [-0.1, -0.05) is 23.4 Å². The van der Waals surface area contributed by atoms with E-state index in [-0.39, 0.29) is 17.7 Å². The molecule has 0 aliphatic carbocycles. The number of para-hydroxylation sites is 1. The van der Waals surface area contributed by atoms with Gasteiger partial charge >= 0.3 is 0 Å². The maximum absolute atomic E-state index is 12.0. The van der Waals surface area contributed by atoms with E-state index in [1.807, 2.05) is 18.2 Å². The second-order valence-electron chi connectivity index (χ2n) is 5.08. The summed E-state index contributed by atoms with van der Waals surface area (Å²) in [5.74, 6) is -0.294. The van der Waals surface area contributed by atoms with E-state index < -0.39 is 6.10 Å². The maximum Gasteiger partial charge on any atom is 0.294 e. The lowest BCUT2D eigenvalue weighted by Crippen LogP contribution is -2.28. The van der Waals surface area contributed by atoms with E-state index >= 15 is 0 Å². The van der Waals surface area contributed by atoms with Gasteiger partial charge in [0, 0.05) is 17.8 Å². The molecule has 2 atom stereocenters. The molecule has 1 aromatic carbocycles. The summed E-state index contributed by atoms with van der Waals surface area (Å²) in [7, 11) is 0. The Labute approximate surface area is 122 Å². The van der Waals surface area contributed by atoms with Gasteiger partial charge in [-0.05, 0) is 31.5 Å². The molecule has 6 heteroatoms. The fourth-order valence-corrected chi connectivity index (χ4v) is 2.44. The second-order valence-corrected chi connectivity index (χ2v) is 5.08. The highest BCUT2D eigenvalue weighted by Gasteiger charge is 2.27.